The SMILES string of the molecule is Brc1cncnc1NCCN1CCCCCC1. The number of anilines is 1. The highest BCUT2D eigenvalue weighted by Gasteiger charge is 2.08. The molecule has 0 radical (unpaired) electrons. The molecule has 0 aliphatic carbocycles. The quantitative estimate of drug-likeness (QED) is 0.927. The second-order valence-corrected chi connectivity index (χ2v) is 5.26. The first kappa shape index (κ1) is 12.8. The van der Waals surface area contributed by atoms with Gasteiger partial charge in [0.2, 0.25) is 0 Å². The molecule has 1 aliphatic rings. The number of hydrogen-bond acceptors (Lipinski definition) is 4. The van der Waals surface area contributed by atoms with Crippen LogP contribution in [0.2, 0.25) is 0 Å². The zero-order valence-electron chi connectivity index (χ0n) is 10.0. The predicted octanol–water partition coefficient (Wildman–Crippen LogP) is 2.53. The van der Waals surface area contributed by atoms with Crippen LogP contribution >= 0.6 is 15.9 Å². The third kappa shape index (κ3) is 4.24. The van der Waals surface area contributed by atoms with E-state index in [2.05, 4.69) is 36.1 Å². The van der Waals surface area contributed by atoms with E-state index in [-0.39, 0.29) is 0 Å². The minimum atomic E-state index is 0.884. The van der Waals surface area contributed by atoms with Gasteiger partial charge in [0, 0.05) is 19.3 Å². The maximum absolute atomic E-state index is 4.19. The molecule has 1 aliphatic heterocycles. The van der Waals surface area contributed by atoms with E-state index in [1.54, 1.807) is 12.5 Å². The Labute approximate surface area is 111 Å². The fourth-order valence-corrected chi connectivity index (χ4v) is 2.50. The summed E-state index contributed by atoms with van der Waals surface area (Å²) in [5.74, 6) is 0.884. The number of likely N-dealkylation sites (tertiary alicyclic amines) is 1. The lowest BCUT2D eigenvalue weighted by Crippen LogP contribution is -2.30. The van der Waals surface area contributed by atoms with Crippen molar-refractivity contribution in [1.82, 2.24) is 14.9 Å². The van der Waals surface area contributed by atoms with Crippen LogP contribution in [0.5, 0.6) is 0 Å². The first-order chi connectivity index (χ1) is 8.36. The first-order valence-electron chi connectivity index (χ1n) is 6.28. The molecule has 0 unspecified atom stereocenters. The summed E-state index contributed by atoms with van der Waals surface area (Å²) in [6.45, 7) is 4.52. The summed E-state index contributed by atoms with van der Waals surface area (Å²) in [7, 11) is 0. The van der Waals surface area contributed by atoms with Crippen molar-refractivity contribution in [3.8, 4) is 0 Å². The number of nitrogens with one attached hydrogen (secondary N) is 1. The van der Waals surface area contributed by atoms with Gasteiger partial charge in [-0.3, -0.25) is 0 Å². The Hall–Kier alpha value is -0.680. The summed E-state index contributed by atoms with van der Waals surface area (Å²) < 4.78 is 0.927. The van der Waals surface area contributed by atoms with Crippen molar-refractivity contribution in [2.45, 2.75) is 25.7 Å². The molecule has 0 bridgehead atoms. The van der Waals surface area contributed by atoms with Crippen LogP contribution < -0.4 is 5.32 Å². The van der Waals surface area contributed by atoms with Gasteiger partial charge in [0.25, 0.3) is 0 Å². The molecule has 0 spiro atoms. The van der Waals surface area contributed by atoms with Gasteiger partial charge in [0.15, 0.2) is 0 Å². The molecule has 1 fully saturated rings. The van der Waals surface area contributed by atoms with Crippen molar-refractivity contribution in [3.05, 3.63) is 17.0 Å². The summed E-state index contributed by atoms with van der Waals surface area (Å²) in [6, 6.07) is 0. The minimum Gasteiger partial charge on any atom is -0.368 e. The standard InChI is InChI=1S/C12H19BrN4/c13-11-9-14-10-16-12(11)15-5-8-17-6-3-1-2-4-7-17/h9-10H,1-8H2,(H,14,15,16). The Morgan fingerprint density at radius 2 is 2.00 bits per heavy atom. The Kier molecular flexibility index (Phi) is 5.19. The van der Waals surface area contributed by atoms with Gasteiger partial charge in [-0.2, -0.15) is 0 Å². The second-order valence-electron chi connectivity index (χ2n) is 4.40. The Balaban J connectivity index is 1.73. The minimum absolute atomic E-state index is 0.884. The van der Waals surface area contributed by atoms with E-state index in [0.717, 1.165) is 23.4 Å². The lowest BCUT2D eigenvalue weighted by atomic mass is 10.2. The van der Waals surface area contributed by atoms with Crippen molar-refractivity contribution in [1.29, 1.82) is 0 Å². The molecule has 0 saturated carbocycles. The van der Waals surface area contributed by atoms with E-state index in [1.807, 2.05) is 0 Å². The summed E-state index contributed by atoms with van der Waals surface area (Å²) >= 11 is 3.43. The van der Waals surface area contributed by atoms with Crippen molar-refractivity contribution < 1.29 is 0 Å². The molecule has 2 rings (SSSR count). The molecule has 0 amide bonds. The van der Waals surface area contributed by atoms with E-state index in [9.17, 15) is 0 Å². The van der Waals surface area contributed by atoms with E-state index in [0.29, 0.717) is 0 Å². The molecule has 1 N–H and O–H groups in total. The molecule has 1 aromatic rings. The van der Waals surface area contributed by atoms with Crippen LogP contribution in [-0.2, 0) is 0 Å². The molecule has 17 heavy (non-hydrogen) atoms. The maximum atomic E-state index is 4.19. The molecule has 1 saturated heterocycles. The van der Waals surface area contributed by atoms with Crippen LogP contribution in [0, 0.1) is 0 Å². The van der Waals surface area contributed by atoms with Gasteiger partial charge in [-0.25, -0.2) is 9.97 Å². The van der Waals surface area contributed by atoms with Crippen molar-refractivity contribution in [2.24, 2.45) is 0 Å². The molecule has 0 atom stereocenters. The smallest absolute Gasteiger partial charge is 0.143 e. The van der Waals surface area contributed by atoms with Gasteiger partial charge in [-0.05, 0) is 41.9 Å². The van der Waals surface area contributed by atoms with E-state index >= 15 is 0 Å². The maximum Gasteiger partial charge on any atom is 0.143 e. The highest BCUT2D eigenvalue weighted by atomic mass is 79.9. The van der Waals surface area contributed by atoms with Crippen LogP contribution in [0.1, 0.15) is 25.7 Å². The van der Waals surface area contributed by atoms with Crippen LogP contribution in [0.15, 0.2) is 17.0 Å². The zero-order valence-corrected chi connectivity index (χ0v) is 11.6. The van der Waals surface area contributed by atoms with Gasteiger partial charge >= 0.3 is 0 Å². The molecule has 4 nitrogen and oxygen atoms in total. The van der Waals surface area contributed by atoms with Crippen LogP contribution in [0.3, 0.4) is 0 Å². The van der Waals surface area contributed by atoms with Crippen LogP contribution in [0.25, 0.3) is 0 Å². The fourth-order valence-electron chi connectivity index (χ4n) is 2.13. The first-order valence-corrected chi connectivity index (χ1v) is 7.07. The van der Waals surface area contributed by atoms with Gasteiger partial charge in [0.1, 0.15) is 12.1 Å². The monoisotopic (exact) mass is 298 g/mol. The molecular weight excluding hydrogens is 280 g/mol. The highest BCUT2D eigenvalue weighted by molar-refractivity contribution is 9.10. The third-order valence-electron chi connectivity index (χ3n) is 3.09. The van der Waals surface area contributed by atoms with E-state index in [4.69, 9.17) is 0 Å². The van der Waals surface area contributed by atoms with Crippen molar-refractivity contribution in [2.75, 3.05) is 31.5 Å². The summed E-state index contributed by atoms with van der Waals surface area (Å²) in [5, 5.41) is 3.34. The Bertz CT molecular complexity index is 337. The van der Waals surface area contributed by atoms with E-state index in [1.165, 1.54) is 38.8 Å². The Morgan fingerprint density at radius 1 is 1.24 bits per heavy atom. The second kappa shape index (κ2) is 6.91. The summed E-state index contributed by atoms with van der Waals surface area (Å²) in [5.41, 5.74) is 0. The largest absolute Gasteiger partial charge is 0.368 e. The zero-order chi connectivity index (χ0) is 11.9. The molecule has 1 aromatic heterocycles. The van der Waals surface area contributed by atoms with Crippen LogP contribution in [-0.4, -0.2) is 41.0 Å². The predicted molar refractivity (Wildman–Crippen MR) is 73.1 cm³/mol. The lowest BCUT2D eigenvalue weighted by molar-refractivity contribution is 0.296. The molecular formula is C12H19BrN4. The highest BCUT2D eigenvalue weighted by Crippen LogP contribution is 2.16. The molecule has 2 heterocycles. The van der Waals surface area contributed by atoms with E-state index < -0.39 is 0 Å². The molecule has 5 heteroatoms. The van der Waals surface area contributed by atoms with Gasteiger partial charge in [-0.1, -0.05) is 12.8 Å². The summed E-state index contributed by atoms with van der Waals surface area (Å²) in [4.78, 5) is 10.7. The number of hydrogen-bond donors (Lipinski definition) is 1. The number of halogens is 1. The number of nitrogens with zero attached hydrogens (tertiary/aromatic N) is 3. The van der Waals surface area contributed by atoms with Crippen molar-refractivity contribution in [3.63, 3.8) is 0 Å². The summed E-state index contributed by atoms with van der Waals surface area (Å²) in [6.07, 6.45) is 8.80. The lowest BCUT2D eigenvalue weighted by Gasteiger charge is -2.19. The fraction of sp³-hybridized carbons (Fsp3) is 0.667. The molecule has 0 aromatic carbocycles. The van der Waals surface area contributed by atoms with Gasteiger partial charge in [-0.15, -0.1) is 0 Å². The van der Waals surface area contributed by atoms with Crippen molar-refractivity contribution >= 4 is 21.7 Å². The van der Waals surface area contributed by atoms with Gasteiger partial charge in [0.05, 0.1) is 4.47 Å². The average molecular weight is 299 g/mol. The molecule has 94 valence electrons. The topological polar surface area (TPSA) is 41.1 Å². The van der Waals surface area contributed by atoms with Gasteiger partial charge < -0.3 is 10.2 Å². The normalized spacial score (nSPS) is 17.7. The average Bonchev–Trinajstić information content (AvgIpc) is 2.60. The van der Waals surface area contributed by atoms with Crippen LogP contribution in [0.4, 0.5) is 5.82 Å². The Morgan fingerprint density at radius 3 is 2.71 bits per heavy atom. The third-order valence-corrected chi connectivity index (χ3v) is 3.67. The number of aromatic nitrogens is 2. The number of rotatable bonds is 4.